The van der Waals surface area contributed by atoms with Crippen molar-refractivity contribution in [2.45, 2.75) is 32.4 Å². The molecule has 1 aliphatic carbocycles. The number of nitrogens with zero attached hydrogens (tertiary/aromatic N) is 2. The van der Waals surface area contributed by atoms with Crippen LogP contribution in [0.1, 0.15) is 24.0 Å². The molecule has 0 saturated heterocycles. The Balaban J connectivity index is 1.76. The zero-order chi connectivity index (χ0) is 12.5. The fourth-order valence-electron chi connectivity index (χ4n) is 1.87. The molecular weight excluding hydrogens is 290 g/mol. The molecule has 0 bridgehead atoms. The van der Waals surface area contributed by atoms with Gasteiger partial charge in [0.05, 0.1) is 11.9 Å². The molecule has 4 heteroatoms. The molecule has 0 radical (unpaired) electrons. The van der Waals surface area contributed by atoms with Crippen molar-refractivity contribution in [1.29, 1.82) is 0 Å². The fraction of sp³-hybridized carbons (Fsp3) is 0.357. The van der Waals surface area contributed by atoms with Gasteiger partial charge < -0.3 is 5.32 Å². The zero-order valence-corrected chi connectivity index (χ0v) is 11.9. The van der Waals surface area contributed by atoms with Crippen LogP contribution in [-0.2, 0) is 6.54 Å². The Labute approximate surface area is 115 Å². The summed E-state index contributed by atoms with van der Waals surface area (Å²) < 4.78 is 3.04. The predicted molar refractivity (Wildman–Crippen MR) is 75.9 cm³/mol. The quantitative estimate of drug-likeness (QED) is 0.940. The number of rotatable bonds is 4. The van der Waals surface area contributed by atoms with Crippen molar-refractivity contribution in [1.82, 2.24) is 15.1 Å². The Morgan fingerprint density at radius 3 is 3.00 bits per heavy atom. The lowest BCUT2D eigenvalue weighted by Crippen LogP contribution is -2.14. The summed E-state index contributed by atoms with van der Waals surface area (Å²) in [6.45, 7) is 3.00. The van der Waals surface area contributed by atoms with E-state index in [1.807, 2.05) is 10.9 Å². The Hall–Kier alpha value is -1.13. The van der Waals surface area contributed by atoms with E-state index >= 15 is 0 Å². The zero-order valence-electron chi connectivity index (χ0n) is 10.4. The molecule has 2 aromatic rings. The normalized spacial score (nSPS) is 15.0. The molecule has 0 atom stereocenters. The summed E-state index contributed by atoms with van der Waals surface area (Å²) in [4.78, 5) is 0. The van der Waals surface area contributed by atoms with Gasteiger partial charge in [-0.3, -0.25) is 0 Å². The van der Waals surface area contributed by atoms with Crippen molar-refractivity contribution in [3.05, 3.63) is 46.2 Å². The van der Waals surface area contributed by atoms with Crippen LogP contribution in [0.2, 0.25) is 0 Å². The lowest BCUT2D eigenvalue weighted by molar-refractivity contribution is 0.687. The summed E-state index contributed by atoms with van der Waals surface area (Å²) in [5, 5.41) is 7.91. The Morgan fingerprint density at radius 1 is 1.44 bits per heavy atom. The average molecular weight is 306 g/mol. The first-order valence-corrected chi connectivity index (χ1v) is 7.05. The number of hydrogen-bond donors (Lipinski definition) is 1. The summed E-state index contributed by atoms with van der Waals surface area (Å²) in [7, 11) is 0. The monoisotopic (exact) mass is 305 g/mol. The maximum atomic E-state index is 4.41. The van der Waals surface area contributed by atoms with Crippen LogP contribution in [0, 0.1) is 6.92 Å². The van der Waals surface area contributed by atoms with E-state index in [1.165, 1.54) is 24.0 Å². The molecule has 1 heterocycles. The minimum atomic E-state index is 0.738. The first-order valence-electron chi connectivity index (χ1n) is 6.26. The van der Waals surface area contributed by atoms with Crippen LogP contribution in [0.4, 0.5) is 0 Å². The van der Waals surface area contributed by atoms with E-state index in [0.717, 1.165) is 22.7 Å². The number of nitrogens with one attached hydrogen (secondary N) is 1. The first kappa shape index (κ1) is 11.9. The van der Waals surface area contributed by atoms with Crippen molar-refractivity contribution >= 4 is 15.9 Å². The summed E-state index contributed by atoms with van der Waals surface area (Å²) in [6.07, 6.45) is 6.66. The van der Waals surface area contributed by atoms with Gasteiger partial charge in [0, 0.05) is 28.8 Å². The molecule has 0 spiro atoms. The molecule has 1 aromatic heterocycles. The van der Waals surface area contributed by atoms with Crippen molar-refractivity contribution in [3.8, 4) is 5.69 Å². The van der Waals surface area contributed by atoms with Gasteiger partial charge in [0.1, 0.15) is 0 Å². The van der Waals surface area contributed by atoms with E-state index < -0.39 is 0 Å². The van der Waals surface area contributed by atoms with Crippen LogP contribution in [-0.4, -0.2) is 15.8 Å². The van der Waals surface area contributed by atoms with Crippen molar-refractivity contribution in [3.63, 3.8) is 0 Å². The highest BCUT2D eigenvalue weighted by molar-refractivity contribution is 9.10. The topological polar surface area (TPSA) is 29.9 Å². The molecular formula is C14H16BrN3. The highest BCUT2D eigenvalue weighted by Gasteiger charge is 2.20. The highest BCUT2D eigenvalue weighted by atomic mass is 79.9. The molecule has 1 aliphatic rings. The van der Waals surface area contributed by atoms with Crippen LogP contribution in [0.5, 0.6) is 0 Å². The molecule has 3 rings (SSSR count). The third-order valence-electron chi connectivity index (χ3n) is 3.23. The molecule has 0 amide bonds. The van der Waals surface area contributed by atoms with Crippen molar-refractivity contribution in [2.24, 2.45) is 0 Å². The lowest BCUT2D eigenvalue weighted by atomic mass is 10.2. The third-order valence-corrected chi connectivity index (χ3v) is 4.08. The van der Waals surface area contributed by atoms with Gasteiger partial charge in [0.25, 0.3) is 0 Å². The van der Waals surface area contributed by atoms with Crippen LogP contribution in [0.15, 0.2) is 35.1 Å². The van der Waals surface area contributed by atoms with Crippen molar-refractivity contribution in [2.75, 3.05) is 0 Å². The van der Waals surface area contributed by atoms with E-state index in [0.29, 0.717) is 0 Å². The van der Waals surface area contributed by atoms with Gasteiger partial charge in [-0.1, -0.05) is 22.0 Å². The van der Waals surface area contributed by atoms with E-state index in [-0.39, 0.29) is 0 Å². The number of aromatic nitrogens is 2. The SMILES string of the molecule is Cc1ccc(-n2cc(CNC3CC3)cn2)cc1Br. The first-order chi connectivity index (χ1) is 8.72. The molecule has 94 valence electrons. The Kier molecular flexibility index (Phi) is 3.22. The maximum absolute atomic E-state index is 4.41. The fourth-order valence-corrected chi connectivity index (χ4v) is 2.23. The second kappa shape index (κ2) is 4.86. The van der Waals surface area contributed by atoms with E-state index in [1.54, 1.807) is 0 Å². The Bertz CT molecular complexity index is 558. The van der Waals surface area contributed by atoms with Crippen LogP contribution in [0.25, 0.3) is 5.69 Å². The number of benzene rings is 1. The summed E-state index contributed by atoms with van der Waals surface area (Å²) in [6, 6.07) is 7.02. The minimum absolute atomic E-state index is 0.738. The van der Waals surface area contributed by atoms with Gasteiger partial charge in [-0.05, 0) is 37.5 Å². The summed E-state index contributed by atoms with van der Waals surface area (Å²) in [5.74, 6) is 0. The number of halogens is 1. The molecule has 3 nitrogen and oxygen atoms in total. The standard InChI is InChI=1S/C14H16BrN3/c1-10-2-5-13(6-14(10)15)18-9-11(8-17-18)7-16-12-3-4-12/h2,5-6,8-9,12,16H,3-4,7H2,1H3. The Morgan fingerprint density at radius 2 is 2.28 bits per heavy atom. The molecule has 1 saturated carbocycles. The second-order valence-electron chi connectivity index (χ2n) is 4.88. The van der Waals surface area contributed by atoms with Gasteiger partial charge in [0.2, 0.25) is 0 Å². The molecule has 1 aromatic carbocycles. The van der Waals surface area contributed by atoms with Crippen molar-refractivity contribution < 1.29 is 0 Å². The van der Waals surface area contributed by atoms with E-state index in [2.05, 4.69) is 57.7 Å². The van der Waals surface area contributed by atoms with Crippen LogP contribution < -0.4 is 5.32 Å². The smallest absolute Gasteiger partial charge is 0.0657 e. The van der Waals surface area contributed by atoms with Crippen LogP contribution in [0.3, 0.4) is 0 Å². The largest absolute Gasteiger partial charge is 0.310 e. The van der Waals surface area contributed by atoms with Gasteiger partial charge >= 0.3 is 0 Å². The highest BCUT2D eigenvalue weighted by Crippen LogP contribution is 2.21. The van der Waals surface area contributed by atoms with Crippen LogP contribution >= 0.6 is 15.9 Å². The van der Waals surface area contributed by atoms with Gasteiger partial charge in [-0.2, -0.15) is 5.10 Å². The van der Waals surface area contributed by atoms with Gasteiger partial charge in [-0.15, -0.1) is 0 Å². The van der Waals surface area contributed by atoms with Gasteiger partial charge in [-0.25, -0.2) is 4.68 Å². The molecule has 1 fully saturated rings. The lowest BCUT2D eigenvalue weighted by Gasteiger charge is -2.04. The molecule has 0 aliphatic heterocycles. The maximum Gasteiger partial charge on any atom is 0.0657 e. The van der Waals surface area contributed by atoms with Gasteiger partial charge in [0.15, 0.2) is 0 Å². The average Bonchev–Trinajstić information content (AvgIpc) is 3.08. The third kappa shape index (κ3) is 2.65. The predicted octanol–water partition coefficient (Wildman–Crippen LogP) is 3.20. The summed E-state index contributed by atoms with van der Waals surface area (Å²) >= 11 is 3.55. The molecule has 0 unspecified atom stereocenters. The molecule has 18 heavy (non-hydrogen) atoms. The minimum Gasteiger partial charge on any atom is -0.310 e. The second-order valence-corrected chi connectivity index (χ2v) is 5.74. The number of aryl methyl sites for hydroxylation is 1. The van der Waals surface area contributed by atoms with E-state index in [4.69, 9.17) is 0 Å². The van der Waals surface area contributed by atoms with E-state index in [9.17, 15) is 0 Å². The molecule has 1 N–H and O–H groups in total. The number of hydrogen-bond acceptors (Lipinski definition) is 2. The summed E-state index contributed by atoms with van der Waals surface area (Å²) in [5.41, 5.74) is 3.56.